The smallest absolute Gasteiger partial charge is 0.0248 e. The largest absolute Gasteiger partial charge is 0.302 e. The van der Waals surface area contributed by atoms with E-state index in [4.69, 9.17) is 0 Å². The van der Waals surface area contributed by atoms with Crippen LogP contribution in [0, 0.1) is 6.54 Å². The van der Waals surface area contributed by atoms with Gasteiger partial charge in [-0.3, -0.25) is 0 Å². The van der Waals surface area contributed by atoms with Crippen LogP contribution in [0.1, 0.15) is 26.7 Å². The molecule has 0 spiro atoms. The molecule has 0 aliphatic carbocycles. The summed E-state index contributed by atoms with van der Waals surface area (Å²) in [5.74, 6) is 0. The summed E-state index contributed by atoms with van der Waals surface area (Å²) in [4.78, 5) is 2.21. The highest BCUT2D eigenvalue weighted by Gasteiger charge is 1.90. The van der Waals surface area contributed by atoms with E-state index in [0.29, 0.717) is 0 Å². The maximum Gasteiger partial charge on any atom is 0.0248 e. The Morgan fingerprint density at radius 2 is 2.00 bits per heavy atom. The van der Waals surface area contributed by atoms with Crippen LogP contribution >= 0.6 is 0 Å². The van der Waals surface area contributed by atoms with Gasteiger partial charge in [-0.15, -0.1) is 0 Å². The molecule has 1 nitrogen and oxygen atoms in total. The maximum atomic E-state index is 2.24. The SMILES string of the molecule is CCC[CH]N(C)CC. The number of hydrogen-bond donors (Lipinski definition) is 0. The molecule has 0 saturated carbocycles. The molecule has 0 amide bonds. The van der Waals surface area contributed by atoms with Crippen molar-refractivity contribution in [2.75, 3.05) is 13.6 Å². The Bertz CT molecular complexity index is 43.7. The number of nitrogens with zero attached hydrogens (tertiary/aromatic N) is 1. The van der Waals surface area contributed by atoms with Gasteiger partial charge >= 0.3 is 0 Å². The fraction of sp³-hybridized carbons (Fsp3) is 0.857. The lowest BCUT2D eigenvalue weighted by Gasteiger charge is -2.10. The lowest BCUT2D eigenvalue weighted by Crippen LogP contribution is -2.13. The molecule has 1 radical (unpaired) electrons. The molecule has 0 bridgehead atoms. The molecular weight excluding hydrogens is 98.1 g/mol. The highest BCUT2D eigenvalue weighted by atomic mass is 15.1. The van der Waals surface area contributed by atoms with Crippen molar-refractivity contribution in [1.82, 2.24) is 4.90 Å². The molecule has 0 heterocycles. The van der Waals surface area contributed by atoms with Gasteiger partial charge in [-0.1, -0.05) is 20.3 Å². The fourth-order valence-electron chi connectivity index (χ4n) is 0.479. The summed E-state index contributed by atoms with van der Waals surface area (Å²) in [7, 11) is 2.11. The molecule has 0 aromatic heterocycles. The zero-order valence-electron chi connectivity index (χ0n) is 6.15. The van der Waals surface area contributed by atoms with Crippen LogP contribution in [-0.4, -0.2) is 18.5 Å². The lowest BCUT2D eigenvalue weighted by molar-refractivity contribution is 0.412. The molecule has 0 rings (SSSR count). The van der Waals surface area contributed by atoms with Crippen molar-refractivity contribution < 1.29 is 0 Å². The molecule has 8 heavy (non-hydrogen) atoms. The third-order valence-corrected chi connectivity index (χ3v) is 1.23. The summed E-state index contributed by atoms with van der Waals surface area (Å²) in [5.41, 5.74) is 0. The van der Waals surface area contributed by atoms with E-state index in [9.17, 15) is 0 Å². The van der Waals surface area contributed by atoms with E-state index in [2.05, 4.69) is 32.3 Å². The molecule has 0 fully saturated rings. The average Bonchev–Trinajstić information content (AvgIpc) is 1.83. The van der Waals surface area contributed by atoms with E-state index in [1.54, 1.807) is 0 Å². The average molecular weight is 114 g/mol. The quantitative estimate of drug-likeness (QED) is 0.539. The third kappa shape index (κ3) is 4.13. The number of unbranched alkanes of at least 4 members (excludes halogenated alkanes) is 1. The first-order valence-corrected chi connectivity index (χ1v) is 3.34. The van der Waals surface area contributed by atoms with Crippen LogP contribution < -0.4 is 0 Å². The molecular formula is C7H16N. The van der Waals surface area contributed by atoms with Crippen LogP contribution in [0.3, 0.4) is 0 Å². The molecule has 0 aromatic carbocycles. The van der Waals surface area contributed by atoms with Crippen molar-refractivity contribution in [3.63, 3.8) is 0 Å². The predicted octanol–water partition coefficient (Wildman–Crippen LogP) is 1.90. The van der Waals surface area contributed by atoms with Gasteiger partial charge in [-0.05, 0) is 20.0 Å². The summed E-state index contributed by atoms with van der Waals surface area (Å²) in [6, 6.07) is 0. The number of rotatable bonds is 4. The van der Waals surface area contributed by atoms with Gasteiger partial charge in [0.25, 0.3) is 0 Å². The third-order valence-electron chi connectivity index (χ3n) is 1.23. The van der Waals surface area contributed by atoms with Gasteiger partial charge in [-0.25, -0.2) is 0 Å². The first-order chi connectivity index (χ1) is 3.81. The fourth-order valence-corrected chi connectivity index (χ4v) is 0.479. The highest BCUT2D eigenvalue weighted by Crippen LogP contribution is 1.95. The van der Waals surface area contributed by atoms with Crippen molar-refractivity contribution in [3.8, 4) is 0 Å². The Labute approximate surface area is 52.7 Å². The zero-order valence-corrected chi connectivity index (χ0v) is 6.15. The monoisotopic (exact) mass is 114 g/mol. The van der Waals surface area contributed by atoms with Crippen LogP contribution in [0.25, 0.3) is 0 Å². The Morgan fingerprint density at radius 3 is 2.38 bits per heavy atom. The van der Waals surface area contributed by atoms with E-state index < -0.39 is 0 Å². The van der Waals surface area contributed by atoms with Crippen molar-refractivity contribution in [2.24, 2.45) is 0 Å². The first-order valence-electron chi connectivity index (χ1n) is 3.34. The van der Waals surface area contributed by atoms with Gasteiger partial charge in [0, 0.05) is 6.54 Å². The maximum absolute atomic E-state index is 2.24. The summed E-state index contributed by atoms with van der Waals surface area (Å²) in [6.45, 7) is 7.71. The van der Waals surface area contributed by atoms with Crippen LogP contribution in [0.15, 0.2) is 0 Å². The van der Waals surface area contributed by atoms with Crippen LogP contribution in [-0.2, 0) is 0 Å². The first kappa shape index (κ1) is 7.96. The Kier molecular flexibility index (Phi) is 5.08. The molecule has 0 saturated heterocycles. The normalized spacial score (nSPS) is 10.5. The van der Waals surface area contributed by atoms with Gasteiger partial charge in [0.15, 0.2) is 0 Å². The van der Waals surface area contributed by atoms with E-state index in [-0.39, 0.29) is 0 Å². The topological polar surface area (TPSA) is 3.24 Å². The summed E-state index contributed by atoms with van der Waals surface area (Å²) >= 11 is 0. The van der Waals surface area contributed by atoms with Gasteiger partial charge in [0.2, 0.25) is 0 Å². The lowest BCUT2D eigenvalue weighted by atomic mass is 10.3. The molecule has 49 valence electrons. The Morgan fingerprint density at radius 1 is 1.38 bits per heavy atom. The molecule has 0 N–H and O–H groups in total. The standard InChI is InChI=1S/C7H16N/c1-4-6-7-8(3)5-2/h7H,4-6H2,1-3H3. The molecule has 0 atom stereocenters. The van der Waals surface area contributed by atoms with Gasteiger partial charge in [0.05, 0.1) is 0 Å². The van der Waals surface area contributed by atoms with Gasteiger partial charge in [0.1, 0.15) is 0 Å². The Hall–Kier alpha value is -0.0400. The summed E-state index contributed by atoms with van der Waals surface area (Å²) in [5, 5.41) is 0. The van der Waals surface area contributed by atoms with E-state index in [1.165, 1.54) is 12.8 Å². The minimum atomic E-state index is 1.12. The second kappa shape index (κ2) is 5.10. The van der Waals surface area contributed by atoms with E-state index >= 15 is 0 Å². The minimum absolute atomic E-state index is 1.12. The zero-order chi connectivity index (χ0) is 6.41. The van der Waals surface area contributed by atoms with Crippen molar-refractivity contribution in [2.45, 2.75) is 26.7 Å². The molecule has 0 aliphatic heterocycles. The predicted molar refractivity (Wildman–Crippen MR) is 37.5 cm³/mol. The van der Waals surface area contributed by atoms with Crippen LogP contribution in [0.5, 0.6) is 0 Å². The second-order valence-corrected chi connectivity index (χ2v) is 2.04. The molecule has 0 unspecified atom stereocenters. The van der Waals surface area contributed by atoms with Crippen molar-refractivity contribution in [3.05, 3.63) is 6.54 Å². The van der Waals surface area contributed by atoms with Crippen LogP contribution in [0.4, 0.5) is 0 Å². The highest BCUT2D eigenvalue weighted by molar-refractivity contribution is 4.60. The molecule has 0 aliphatic rings. The van der Waals surface area contributed by atoms with Crippen molar-refractivity contribution >= 4 is 0 Å². The Balaban J connectivity index is 2.86. The number of hydrogen-bond acceptors (Lipinski definition) is 1. The molecule has 0 aromatic rings. The van der Waals surface area contributed by atoms with Crippen molar-refractivity contribution in [1.29, 1.82) is 0 Å². The molecule has 1 heteroatoms. The van der Waals surface area contributed by atoms with Gasteiger partial charge < -0.3 is 4.90 Å². The summed E-state index contributed by atoms with van der Waals surface area (Å²) < 4.78 is 0. The minimum Gasteiger partial charge on any atom is -0.302 e. The van der Waals surface area contributed by atoms with E-state index in [0.717, 1.165) is 6.54 Å². The van der Waals surface area contributed by atoms with Gasteiger partial charge in [-0.2, -0.15) is 0 Å². The van der Waals surface area contributed by atoms with E-state index in [1.807, 2.05) is 0 Å². The second-order valence-electron chi connectivity index (χ2n) is 2.04. The van der Waals surface area contributed by atoms with Crippen LogP contribution in [0.2, 0.25) is 0 Å². The summed E-state index contributed by atoms with van der Waals surface area (Å²) in [6.07, 6.45) is 2.47.